The van der Waals surface area contributed by atoms with Gasteiger partial charge in [0.25, 0.3) is 0 Å². The van der Waals surface area contributed by atoms with Crippen molar-refractivity contribution in [3.8, 4) is 0 Å². The number of guanidine groups is 1. The zero-order valence-electron chi connectivity index (χ0n) is 15.2. The Kier molecular flexibility index (Phi) is 9.50. The van der Waals surface area contributed by atoms with Gasteiger partial charge in [-0.05, 0) is 29.7 Å². The summed E-state index contributed by atoms with van der Waals surface area (Å²) in [6, 6.07) is 13.8. The summed E-state index contributed by atoms with van der Waals surface area (Å²) in [6.45, 7) is 0.905. The fraction of sp³-hybridized carbons (Fsp3) is 0.278. The molecule has 0 radical (unpaired) electrons. The minimum Gasteiger partial charge on any atom is -0.356 e. The summed E-state index contributed by atoms with van der Waals surface area (Å²) < 4.78 is 39.0. The molecule has 0 heterocycles. The molecule has 27 heavy (non-hydrogen) atoms. The van der Waals surface area contributed by atoms with Crippen molar-refractivity contribution >= 4 is 45.6 Å². The molecule has 0 amide bonds. The molecule has 0 unspecified atom stereocenters. The lowest BCUT2D eigenvalue weighted by Crippen LogP contribution is -2.38. The quantitative estimate of drug-likeness (QED) is 0.307. The molecule has 0 fully saturated rings. The van der Waals surface area contributed by atoms with Crippen molar-refractivity contribution in [2.24, 2.45) is 4.99 Å². The van der Waals surface area contributed by atoms with Crippen LogP contribution in [0.3, 0.4) is 0 Å². The number of benzene rings is 2. The molecule has 2 aromatic carbocycles. The Morgan fingerprint density at radius 1 is 1.04 bits per heavy atom. The molecule has 2 rings (SSSR count). The van der Waals surface area contributed by atoms with E-state index < -0.39 is 10.0 Å². The van der Waals surface area contributed by atoms with Crippen LogP contribution >= 0.6 is 24.0 Å². The van der Waals surface area contributed by atoms with Crippen molar-refractivity contribution in [2.75, 3.05) is 24.6 Å². The van der Waals surface area contributed by atoms with Crippen LogP contribution in [0.2, 0.25) is 0 Å². The highest BCUT2D eigenvalue weighted by atomic mass is 127. The fourth-order valence-corrected chi connectivity index (χ4v) is 2.99. The number of halogens is 2. The molecule has 0 aliphatic heterocycles. The summed E-state index contributed by atoms with van der Waals surface area (Å²) >= 11 is 0. The molecule has 0 spiro atoms. The number of aliphatic imine (C=N–C) groups is 1. The number of anilines is 1. The Balaban J connectivity index is 0.00000364. The predicted molar refractivity (Wildman–Crippen MR) is 119 cm³/mol. The maximum Gasteiger partial charge on any atom is 0.229 e. The molecule has 0 aromatic heterocycles. The lowest BCUT2D eigenvalue weighted by atomic mass is 10.1. The van der Waals surface area contributed by atoms with Gasteiger partial charge < -0.3 is 10.6 Å². The highest BCUT2D eigenvalue weighted by Gasteiger charge is 2.08. The van der Waals surface area contributed by atoms with Crippen LogP contribution in [0.25, 0.3) is 0 Å². The van der Waals surface area contributed by atoms with Gasteiger partial charge in [-0.25, -0.2) is 12.8 Å². The first-order valence-electron chi connectivity index (χ1n) is 8.12. The van der Waals surface area contributed by atoms with Gasteiger partial charge in [-0.1, -0.05) is 36.4 Å². The van der Waals surface area contributed by atoms with E-state index in [9.17, 15) is 12.8 Å². The maximum absolute atomic E-state index is 13.6. The minimum absolute atomic E-state index is 0. The maximum atomic E-state index is 13.6. The van der Waals surface area contributed by atoms with E-state index in [-0.39, 0.29) is 29.8 Å². The molecule has 9 heteroatoms. The van der Waals surface area contributed by atoms with Gasteiger partial charge in [-0.2, -0.15) is 0 Å². The zero-order chi connectivity index (χ0) is 19.0. The molecule has 2 aromatic rings. The van der Waals surface area contributed by atoms with E-state index in [0.717, 1.165) is 11.8 Å². The summed E-state index contributed by atoms with van der Waals surface area (Å²) in [5, 5.41) is 6.24. The third-order valence-electron chi connectivity index (χ3n) is 3.63. The minimum atomic E-state index is -3.35. The normalized spacial score (nSPS) is 11.4. The average molecular weight is 506 g/mol. The second-order valence-corrected chi connectivity index (χ2v) is 7.47. The van der Waals surface area contributed by atoms with Crippen LogP contribution < -0.4 is 15.4 Å². The predicted octanol–water partition coefficient (Wildman–Crippen LogP) is 2.72. The third kappa shape index (κ3) is 8.12. The van der Waals surface area contributed by atoms with Crippen molar-refractivity contribution < 1.29 is 12.8 Å². The van der Waals surface area contributed by atoms with Crippen LogP contribution in [0.1, 0.15) is 11.1 Å². The fourth-order valence-electron chi connectivity index (χ4n) is 2.39. The van der Waals surface area contributed by atoms with Gasteiger partial charge in [0.1, 0.15) is 5.82 Å². The van der Waals surface area contributed by atoms with Crippen LogP contribution in [0.4, 0.5) is 10.1 Å². The molecule has 6 nitrogen and oxygen atoms in total. The highest BCUT2D eigenvalue weighted by molar-refractivity contribution is 14.0. The van der Waals surface area contributed by atoms with Crippen molar-refractivity contribution in [1.82, 2.24) is 10.6 Å². The molecule has 3 N–H and O–H groups in total. The van der Waals surface area contributed by atoms with Gasteiger partial charge in [0.15, 0.2) is 5.96 Å². The number of hydrogen-bond acceptors (Lipinski definition) is 3. The van der Waals surface area contributed by atoms with Gasteiger partial charge in [-0.3, -0.25) is 9.71 Å². The van der Waals surface area contributed by atoms with Crippen molar-refractivity contribution in [3.63, 3.8) is 0 Å². The second-order valence-electron chi connectivity index (χ2n) is 5.73. The molecular formula is C18H24FIN4O2S. The van der Waals surface area contributed by atoms with E-state index in [4.69, 9.17) is 0 Å². The number of nitrogens with one attached hydrogen (secondary N) is 3. The van der Waals surface area contributed by atoms with Gasteiger partial charge in [0, 0.05) is 20.1 Å². The first-order chi connectivity index (χ1) is 12.4. The first kappa shape index (κ1) is 23.2. The standard InChI is InChI=1S/C18H23FN4O2S.HI/c1-20-18(21-12-11-14-7-3-5-9-16(14)19)22-13-15-8-4-6-10-17(15)23-26(2,24)25;/h3-10,23H,11-13H2,1-2H3,(H2,20,21,22);1H. The van der Waals surface area contributed by atoms with Crippen molar-refractivity contribution in [2.45, 2.75) is 13.0 Å². The number of para-hydroxylation sites is 1. The van der Waals surface area contributed by atoms with E-state index in [1.54, 1.807) is 37.4 Å². The summed E-state index contributed by atoms with van der Waals surface area (Å²) in [5.41, 5.74) is 1.94. The lowest BCUT2D eigenvalue weighted by Gasteiger charge is -2.14. The van der Waals surface area contributed by atoms with Crippen LogP contribution in [-0.4, -0.2) is 34.2 Å². The highest BCUT2D eigenvalue weighted by Crippen LogP contribution is 2.15. The molecule has 0 saturated heterocycles. The number of hydrogen-bond donors (Lipinski definition) is 3. The number of sulfonamides is 1. The summed E-state index contributed by atoms with van der Waals surface area (Å²) in [5.74, 6) is 0.327. The van der Waals surface area contributed by atoms with E-state index in [1.807, 2.05) is 12.1 Å². The second kappa shape index (κ2) is 11.1. The van der Waals surface area contributed by atoms with E-state index >= 15 is 0 Å². The molecule has 0 atom stereocenters. The van der Waals surface area contributed by atoms with E-state index in [0.29, 0.717) is 36.7 Å². The first-order valence-corrected chi connectivity index (χ1v) is 10.0. The monoisotopic (exact) mass is 506 g/mol. The largest absolute Gasteiger partial charge is 0.356 e. The van der Waals surface area contributed by atoms with Gasteiger partial charge >= 0.3 is 0 Å². The van der Waals surface area contributed by atoms with Gasteiger partial charge in [0.2, 0.25) is 10.0 Å². The Morgan fingerprint density at radius 2 is 1.67 bits per heavy atom. The Morgan fingerprint density at radius 3 is 2.30 bits per heavy atom. The summed E-state index contributed by atoms with van der Waals surface area (Å²) in [7, 11) is -1.71. The molecule has 0 bridgehead atoms. The summed E-state index contributed by atoms with van der Waals surface area (Å²) in [6.07, 6.45) is 1.64. The van der Waals surface area contributed by atoms with Crippen LogP contribution in [0.15, 0.2) is 53.5 Å². The number of rotatable bonds is 7. The zero-order valence-corrected chi connectivity index (χ0v) is 18.3. The average Bonchev–Trinajstić information content (AvgIpc) is 2.59. The Labute approximate surface area is 176 Å². The Hall–Kier alpha value is -1.88. The van der Waals surface area contributed by atoms with E-state index in [1.165, 1.54) is 6.07 Å². The summed E-state index contributed by atoms with van der Waals surface area (Å²) in [4.78, 5) is 4.12. The van der Waals surface area contributed by atoms with Crippen molar-refractivity contribution in [3.05, 3.63) is 65.5 Å². The van der Waals surface area contributed by atoms with Crippen LogP contribution in [0.5, 0.6) is 0 Å². The van der Waals surface area contributed by atoms with Crippen molar-refractivity contribution in [1.29, 1.82) is 0 Å². The molecule has 0 aliphatic carbocycles. The third-order valence-corrected chi connectivity index (χ3v) is 4.22. The topological polar surface area (TPSA) is 82.6 Å². The van der Waals surface area contributed by atoms with Gasteiger partial charge in [0.05, 0.1) is 11.9 Å². The SMILES string of the molecule is CN=C(NCCc1ccccc1F)NCc1ccccc1NS(C)(=O)=O.I. The Bertz CT molecular complexity index is 875. The molecule has 0 aliphatic rings. The molecule has 148 valence electrons. The van der Waals surface area contributed by atoms with Crippen LogP contribution in [0, 0.1) is 5.82 Å². The van der Waals surface area contributed by atoms with Gasteiger partial charge in [-0.15, -0.1) is 24.0 Å². The smallest absolute Gasteiger partial charge is 0.229 e. The van der Waals surface area contributed by atoms with E-state index in [2.05, 4.69) is 20.3 Å². The number of nitrogens with zero attached hydrogens (tertiary/aromatic N) is 1. The van der Waals surface area contributed by atoms with Crippen LogP contribution in [-0.2, 0) is 23.0 Å². The molecule has 0 saturated carbocycles. The molecular weight excluding hydrogens is 482 g/mol. The lowest BCUT2D eigenvalue weighted by molar-refractivity contribution is 0.606.